The highest BCUT2D eigenvalue weighted by Gasteiger charge is 2.22. The van der Waals surface area contributed by atoms with E-state index >= 15 is 0 Å². The van der Waals surface area contributed by atoms with E-state index in [0.29, 0.717) is 11.5 Å². The molecule has 0 aromatic rings. The molecule has 1 rings (SSSR count). The Hall–Kier alpha value is -0.0800. The second-order valence-corrected chi connectivity index (χ2v) is 5.51. The van der Waals surface area contributed by atoms with Crippen LogP contribution in [-0.2, 0) is 4.74 Å². The van der Waals surface area contributed by atoms with Crippen LogP contribution in [0.2, 0.25) is 0 Å². The van der Waals surface area contributed by atoms with Gasteiger partial charge in [0.15, 0.2) is 0 Å². The molecule has 0 saturated carbocycles. The van der Waals surface area contributed by atoms with Crippen LogP contribution in [0.4, 0.5) is 0 Å². The second-order valence-electron chi connectivity index (χ2n) is 5.51. The molecule has 1 unspecified atom stereocenters. The van der Waals surface area contributed by atoms with E-state index in [9.17, 15) is 0 Å². The van der Waals surface area contributed by atoms with Crippen LogP contribution in [0.5, 0.6) is 0 Å². The van der Waals surface area contributed by atoms with Crippen molar-refractivity contribution in [3.05, 3.63) is 0 Å². The van der Waals surface area contributed by atoms with Crippen molar-refractivity contribution >= 4 is 0 Å². The van der Waals surface area contributed by atoms with Gasteiger partial charge in [0.25, 0.3) is 0 Å². The molecule has 0 aliphatic carbocycles. The van der Waals surface area contributed by atoms with Crippen LogP contribution in [0.3, 0.4) is 0 Å². The van der Waals surface area contributed by atoms with E-state index < -0.39 is 0 Å². The van der Waals surface area contributed by atoms with Crippen molar-refractivity contribution in [2.24, 2.45) is 5.41 Å². The smallest absolute Gasteiger partial charge is 0.0576 e. The highest BCUT2D eigenvalue weighted by molar-refractivity contribution is 4.75. The van der Waals surface area contributed by atoms with E-state index in [1.54, 1.807) is 0 Å². The van der Waals surface area contributed by atoms with Gasteiger partial charge in [-0.25, -0.2) is 0 Å². The zero-order chi connectivity index (χ0) is 11.1. The SMILES string of the molecule is CCCNCC(C)(C)CCC1CCCO1. The molecular formula is C13H27NO. The molecule has 0 bridgehead atoms. The van der Waals surface area contributed by atoms with Gasteiger partial charge in [-0.05, 0) is 44.1 Å². The molecule has 1 saturated heterocycles. The minimum absolute atomic E-state index is 0.418. The fourth-order valence-corrected chi connectivity index (χ4v) is 2.12. The average molecular weight is 213 g/mol. The summed E-state index contributed by atoms with van der Waals surface area (Å²) in [6, 6.07) is 0. The molecule has 0 aromatic carbocycles. The lowest BCUT2D eigenvalue weighted by atomic mass is 9.86. The maximum Gasteiger partial charge on any atom is 0.0576 e. The minimum Gasteiger partial charge on any atom is -0.378 e. The molecule has 1 aliphatic heterocycles. The fourth-order valence-electron chi connectivity index (χ4n) is 2.12. The van der Waals surface area contributed by atoms with Crippen LogP contribution in [0.15, 0.2) is 0 Å². The first-order chi connectivity index (χ1) is 7.14. The molecule has 90 valence electrons. The molecular weight excluding hydrogens is 186 g/mol. The Balaban J connectivity index is 2.10. The van der Waals surface area contributed by atoms with E-state index in [2.05, 4.69) is 26.1 Å². The summed E-state index contributed by atoms with van der Waals surface area (Å²) in [7, 11) is 0. The summed E-state index contributed by atoms with van der Waals surface area (Å²) in [5.74, 6) is 0. The zero-order valence-electron chi connectivity index (χ0n) is 10.6. The van der Waals surface area contributed by atoms with E-state index in [4.69, 9.17) is 4.74 Å². The molecule has 1 N–H and O–H groups in total. The van der Waals surface area contributed by atoms with Crippen LogP contribution in [0.25, 0.3) is 0 Å². The summed E-state index contributed by atoms with van der Waals surface area (Å²) >= 11 is 0. The first-order valence-corrected chi connectivity index (χ1v) is 6.46. The average Bonchev–Trinajstić information content (AvgIpc) is 2.68. The van der Waals surface area contributed by atoms with Crippen LogP contribution < -0.4 is 5.32 Å². The fraction of sp³-hybridized carbons (Fsp3) is 1.00. The Morgan fingerprint density at radius 1 is 1.40 bits per heavy atom. The van der Waals surface area contributed by atoms with Crippen molar-refractivity contribution < 1.29 is 4.74 Å². The van der Waals surface area contributed by atoms with E-state index in [1.807, 2.05) is 0 Å². The normalized spacial score (nSPS) is 22.2. The molecule has 15 heavy (non-hydrogen) atoms. The van der Waals surface area contributed by atoms with Crippen molar-refractivity contribution in [1.82, 2.24) is 5.32 Å². The lowest BCUT2D eigenvalue weighted by Gasteiger charge is -2.26. The largest absolute Gasteiger partial charge is 0.378 e. The monoisotopic (exact) mass is 213 g/mol. The maximum atomic E-state index is 5.65. The van der Waals surface area contributed by atoms with Crippen molar-refractivity contribution in [1.29, 1.82) is 0 Å². The lowest BCUT2D eigenvalue weighted by molar-refractivity contribution is 0.0915. The number of rotatable bonds is 7. The van der Waals surface area contributed by atoms with E-state index in [0.717, 1.165) is 19.7 Å². The topological polar surface area (TPSA) is 21.3 Å². The molecule has 2 nitrogen and oxygen atoms in total. The Morgan fingerprint density at radius 3 is 2.80 bits per heavy atom. The standard InChI is InChI=1S/C13H27NO/c1-4-9-14-11-13(2,3)8-7-12-6-5-10-15-12/h12,14H,4-11H2,1-3H3. The summed E-state index contributed by atoms with van der Waals surface area (Å²) in [5.41, 5.74) is 0.418. The second kappa shape index (κ2) is 6.49. The van der Waals surface area contributed by atoms with Crippen molar-refractivity contribution in [3.8, 4) is 0 Å². The molecule has 2 heteroatoms. The lowest BCUT2D eigenvalue weighted by Crippen LogP contribution is -2.30. The molecule has 1 fully saturated rings. The molecule has 0 radical (unpaired) electrons. The Morgan fingerprint density at radius 2 is 2.20 bits per heavy atom. The summed E-state index contributed by atoms with van der Waals surface area (Å²) in [6.07, 6.45) is 6.82. The maximum absolute atomic E-state index is 5.65. The van der Waals surface area contributed by atoms with Crippen LogP contribution in [0.1, 0.15) is 52.9 Å². The summed E-state index contributed by atoms with van der Waals surface area (Å²) in [6.45, 7) is 10.2. The number of hydrogen-bond donors (Lipinski definition) is 1. The van der Waals surface area contributed by atoms with Crippen LogP contribution in [-0.4, -0.2) is 25.8 Å². The Bertz CT molecular complexity index is 162. The first-order valence-electron chi connectivity index (χ1n) is 6.46. The van der Waals surface area contributed by atoms with Crippen LogP contribution >= 0.6 is 0 Å². The van der Waals surface area contributed by atoms with Gasteiger partial charge in [0.1, 0.15) is 0 Å². The Labute approximate surface area is 94.8 Å². The van der Waals surface area contributed by atoms with Gasteiger partial charge < -0.3 is 10.1 Å². The van der Waals surface area contributed by atoms with Gasteiger partial charge >= 0.3 is 0 Å². The number of ether oxygens (including phenoxy) is 1. The van der Waals surface area contributed by atoms with Crippen molar-refractivity contribution in [2.75, 3.05) is 19.7 Å². The first kappa shape index (κ1) is 13.0. The van der Waals surface area contributed by atoms with Gasteiger partial charge in [-0.15, -0.1) is 0 Å². The van der Waals surface area contributed by atoms with Gasteiger partial charge in [-0.1, -0.05) is 20.8 Å². The quantitative estimate of drug-likeness (QED) is 0.656. The summed E-state index contributed by atoms with van der Waals surface area (Å²) < 4.78 is 5.65. The minimum atomic E-state index is 0.418. The van der Waals surface area contributed by atoms with Gasteiger partial charge in [-0.3, -0.25) is 0 Å². The summed E-state index contributed by atoms with van der Waals surface area (Å²) in [5, 5.41) is 3.51. The van der Waals surface area contributed by atoms with E-state index in [-0.39, 0.29) is 0 Å². The van der Waals surface area contributed by atoms with Crippen molar-refractivity contribution in [3.63, 3.8) is 0 Å². The third-order valence-corrected chi connectivity index (χ3v) is 3.20. The molecule has 1 atom stereocenters. The van der Waals surface area contributed by atoms with Crippen molar-refractivity contribution in [2.45, 2.75) is 59.0 Å². The van der Waals surface area contributed by atoms with E-state index in [1.165, 1.54) is 32.1 Å². The number of hydrogen-bond acceptors (Lipinski definition) is 2. The highest BCUT2D eigenvalue weighted by Crippen LogP contribution is 2.26. The zero-order valence-corrected chi connectivity index (χ0v) is 10.6. The van der Waals surface area contributed by atoms with Gasteiger partial charge in [0.2, 0.25) is 0 Å². The molecule has 0 aromatic heterocycles. The molecule has 0 spiro atoms. The molecule has 0 amide bonds. The number of nitrogens with one attached hydrogen (secondary N) is 1. The van der Waals surface area contributed by atoms with Gasteiger partial charge in [-0.2, -0.15) is 0 Å². The third-order valence-electron chi connectivity index (χ3n) is 3.20. The highest BCUT2D eigenvalue weighted by atomic mass is 16.5. The van der Waals surface area contributed by atoms with Gasteiger partial charge in [0, 0.05) is 13.2 Å². The summed E-state index contributed by atoms with van der Waals surface area (Å²) in [4.78, 5) is 0. The Kier molecular flexibility index (Phi) is 5.62. The molecule has 1 aliphatic rings. The third kappa shape index (κ3) is 5.53. The molecule has 1 heterocycles. The van der Waals surface area contributed by atoms with Crippen LogP contribution in [0, 0.1) is 5.41 Å². The predicted octanol–water partition coefficient (Wildman–Crippen LogP) is 2.97. The van der Waals surface area contributed by atoms with Gasteiger partial charge in [0.05, 0.1) is 6.10 Å². The predicted molar refractivity (Wildman–Crippen MR) is 65.1 cm³/mol.